The lowest BCUT2D eigenvalue weighted by atomic mass is 10.2. The van der Waals surface area contributed by atoms with Crippen molar-refractivity contribution in [3.8, 4) is 5.75 Å². The molecule has 3 heterocycles. The van der Waals surface area contributed by atoms with Gasteiger partial charge in [0.25, 0.3) is 0 Å². The number of hydrogen-bond donors (Lipinski definition) is 0. The molecule has 0 unspecified atom stereocenters. The molecule has 0 bridgehead atoms. The van der Waals surface area contributed by atoms with E-state index in [2.05, 4.69) is 16.3 Å². The second-order valence-corrected chi connectivity index (χ2v) is 7.20. The van der Waals surface area contributed by atoms with Crippen LogP contribution in [0.2, 0.25) is 5.02 Å². The minimum atomic E-state index is -0.0283. The highest BCUT2D eigenvalue weighted by Gasteiger charge is 2.49. The van der Waals surface area contributed by atoms with Crippen LogP contribution in [-0.4, -0.2) is 30.5 Å². The van der Waals surface area contributed by atoms with Gasteiger partial charge in [-0.05, 0) is 42.5 Å². The zero-order valence-corrected chi connectivity index (χ0v) is 14.3. The maximum Gasteiger partial charge on any atom is 0.246 e. The molecule has 2 atom stereocenters. The molecule has 2 aliphatic rings. The quantitative estimate of drug-likeness (QED) is 0.842. The standard InChI is InChI=1S/C17H17ClN2O2S/c1-22-14-7-6-11(10-12(14)18)20-16(15-5-3-9-23-15)19-8-2-4-13(19)17(20)21/h3,5-7,9-10,13,16H,2,4,8H2,1H3/t13-,16-/m0/s1. The average Bonchev–Trinajstić information content (AvgIpc) is 3.26. The summed E-state index contributed by atoms with van der Waals surface area (Å²) in [6, 6.07) is 9.67. The number of carbonyl (C=O) groups excluding carboxylic acids is 1. The summed E-state index contributed by atoms with van der Waals surface area (Å²) in [7, 11) is 1.59. The van der Waals surface area contributed by atoms with Gasteiger partial charge in [0.15, 0.2) is 0 Å². The number of thiophene rings is 1. The molecule has 6 heteroatoms. The molecule has 0 radical (unpaired) electrons. The molecule has 120 valence electrons. The monoisotopic (exact) mass is 348 g/mol. The largest absolute Gasteiger partial charge is 0.495 e. The Morgan fingerprint density at radius 3 is 2.91 bits per heavy atom. The van der Waals surface area contributed by atoms with E-state index in [1.807, 2.05) is 29.2 Å². The third-order valence-electron chi connectivity index (χ3n) is 4.59. The van der Waals surface area contributed by atoms with Gasteiger partial charge >= 0.3 is 0 Å². The molecule has 1 amide bonds. The van der Waals surface area contributed by atoms with Crippen LogP contribution in [0.1, 0.15) is 23.9 Å². The summed E-state index contributed by atoms with van der Waals surface area (Å²) >= 11 is 7.96. The molecular formula is C17H17ClN2O2S. The highest BCUT2D eigenvalue weighted by atomic mass is 35.5. The van der Waals surface area contributed by atoms with Crippen LogP contribution in [0.5, 0.6) is 5.75 Å². The number of rotatable bonds is 3. The Labute approximate surface area is 144 Å². The second-order valence-electron chi connectivity index (χ2n) is 5.81. The fourth-order valence-electron chi connectivity index (χ4n) is 3.58. The first-order valence-corrected chi connectivity index (χ1v) is 8.92. The number of fused-ring (bicyclic) bond motifs is 1. The molecule has 0 spiro atoms. The Balaban J connectivity index is 1.78. The van der Waals surface area contributed by atoms with E-state index in [4.69, 9.17) is 16.3 Å². The van der Waals surface area contributed by atoms with Crippen LogP contribution in [-0.2, 0) is 4.79 Å². The predicted molar refractivity (Wildman–Crippen MR) is 92.3 cm³/mol. The van der Waals surface area contributed by atoms with E-state index in [1.165, 1.54) is 4.88 Å². The van der Waals surface area contributed by atoms with Crippen molar-refractivity contribution in [2.75, 3.05) is 18.6 Å². The summed E-state index contributed by atoms with van der Waals surface area (Å²) < 4.78 is 5.22. The molecular weight excluding hydrogens is 332 g/mol. The highest BCUT2D eigenvalue weighted by Crippen LogP contribution is 2.44. The number of ether oxygens (including phenoxy) is 1. The van der Waals surface area contributed by atoms with Gasteiger partial charge in [-0.25, -0.2) is 0 Å². The van der Waals surface area contributed by atoms with E-state index in [-0.39, 0.29) is 18.1 Å². The number of nitrogens with zero attached hydrogens (tertiary/aromatic N) is 2. The Bertz CT molecular complexity index is 734. The molecule has 1 aromatic carbocycles. The third kappa shape index (κ3) is 2.35. The zero-order valence-electron chi connectivity index (χ0n) is 12.7. The van der Waals surface area contributed by atoms with Gasteiger partial charge in [0.1, 0.15) is 11.9 Å². The van der Waals surface area contributed by atoms with Gasteiger partial charge in [-0.15, -0.1) is 11.3 Å². The van der Waals surface area contributed by atoms with Crippen molar-refractivity contribution < 1.29 is 9.53 Å². The van der Waals surface area contributed by atoms with E-state index in [0.29, 0.717) is 10.8 Å². The number of anilines is 1. The maximum atomic E-state index is 13.0. The molecule has 2 fully saturated rings. The van der Waals surface area contributed by atoms with Crippen molar-refractivity contribution >= 4 is 34.5 Å². The van der Waals surface area contributed by atoms with Gasteiger partial charge in [-0.2, -0.15) is 0 Å². The number of carbonyl (C=O) groups is 1. The molecule has 0 aliphatic carbocycles. The van der Waals surface area contributed by atoms with Gasteiger partial charge < -0.3 is 4.74 Å². The average molecular weight is 349 g/mol. The minimum absolute atomic E-state index is 0.0111. The summed E-state index contributed by atoms with van der Waals surface area (Å²) in [5.74, 6) is 0.789. The van der Waals surface area contributed by atoms with Crippen molar-refractivity contribution in [2.24, 2.45) is 0 Å². The Kier molecular flexibility index (Phi) is 3.79. The molecule has 0 saturated carbocycles. The summed E-state index contributed by atoms with van der Waals surface area (Å²) in [4.78, 5) is 18.4. The van der Waals surface area contributed by atoms with E-state index in [9.17, 15) is 4.79 Å². The van der Waals surface area contributed by atoms with E-state index >= 15 is 0 Å². The summed E-state index contributed by atoms with van der Waals surface area (Å²) in [5, 5.41) is 2.58. The summed E-state index contributed by atoms with van der Waals surface area (Å²) in [6.07, 6.45) is 1.98. The van der Waals surface area contributed by atoms with Crippen LogP contribution >= 0.6 is 22.9 Å². The van der Waals surface area contributed by atoms with Crippen LogP contribution in [0.15, 0.2) is 35.7 Å². The number of benzene rings is 1. The van der Waals surface area contributed by atoms with Crippen LogP contribution < -0.4 is 9.64 Å². The van der Waals surface area contributed by atoms with Crippen LogP contribution in [0.25, 0.3) is 0 Å². The molecule has 4 nitrogen and oxygen atoms in total. The first-order valence-electron chi connectivity index (χ1n) is 7.66. The first-order chi connectivity index (χ1) is 11.2. The molecule has 2 saturated heterocycles. The van der Waals surface area contributed by atoms with Crippen LogP contribution in [0.3, 0.4) is 0 Å². The fourth-order valence-corrected chi connectivity index (χ4v) is 4.66. The number of methoxy groups -OCH3 is 1. The van der Waals surface area contributed by atoms with E-state index in [0.717, 1.165) is 25.1 Å². The van der Waals surface area contributed by atoms with Gasteiger partial charge in [0.2, 0.25) is 5.91 Å². The second kappa shape index (κ2) is 5.82. The van der Waals surface area contributed by atoms with Crippen molar-refractivity contribution in [3.63, 3.8) is 0 Å². The van der Waals surface area contributed by atoms with Gasteiger partial charge in [-0.1, -0.05) is 17.7 Å². The van der Waals surface area contributed by atoms with E-state index < -0.39 is 0 Å². The summed E-state index contributed by atoms with van der Waals surface area (Å²) in [5.41, 5.74) is 0.827. The normalized spacial score (nSPS) is 24.3. The fraction of sp³-hybridized carbons (Fsp3) is 0.353. The van der Waals surface area contributed by atoms with Crippen LogP contribution in [0, 0.1) is 0 Å². The SMILES string of the molecule is COc1ccc(N2C(=O)[C@@H]3CCCN3[C@@H]2c2cccs2)cc1Cl. The Morgan fingerprint density at radius 1 is 1.35 bits per heavy atom. The van der Waals surface area contributed by atoms with Gasteiger partial charge in [0.05, 0.1) is 18.2 Å². The third-order valence-corrected chi connectivity index (χ3v) is 5.79. The highest BCUT2D eigenvalue weighted by molar-refractivity contribution is 7.10. The smallest absolute Gasteiger partial charge is 0.246 e. The predicted octanol–water partition coefficient (Wildman–Crippen LogP) is 3.92. The zero-order chi connectivity index (χ0) is 16.0. The lowest BCUT2D eigenvalue weighted by molar-refractivity contribution is -0.119. The number of amides is 1. The molecule has 2 aliphatic heterocycles. The van der Waals surface area contributed by atoms with Crippen molar-refractivity contribution in [3.05, 3.63) is 45.6 Å². The van der Waals surface area contributed by atoms with Crippen molar-refractivity contribution in [1.82, 2.24) is 4.90 Å². The molecule has 23 heavy (non-hydrogen) atoms. The number of halogens is 1. The molecule has 1 aromatic heterocycles. The van der Waals surface area contributed by atoms with Crippen molar-refractivity contribution in [2.45, 2.75) is 25.0 Å². The molecule has 4 rings (SSSR count). The van der Waals surface area contributed by atoms with E-state index in [1.54, 1.807) is 18.4 Å². The van der Waals surface area contributed by atoms with Gasteiger partial charge in [-0.3, -0.25) is 14.6 Å². The Morgan fingerprint density at radius 2 is 2.22 bits per heavy atom. The molecule has 0 N–H and O–H groups in total. The van der Waals surface area contributed by atoms with Crippen LogP contribution in [0.4, 0.5) is 5.69 Å². The lowest BCUT2D eigenvalue weighted by Gasteiger charge is -2.28. The van der Waals surface area contributed by atoms with Crippen molar-refractivity contribution in [1.29, 1.82) is 0 Å². The number of hydrogen-bond acceptors (Lipinski definition) is 4. The van der Waals surface area contributed by atoms with Gasteiger partial charge in [0, 0.05) is 17.1 Å². The minimum Gasteiger partial charge on any atom is -0.495 e. The Hall–Kier alpha value is -1.56. The maximum absolute atomic E-state index is 13.0. The first kappa shape index (κ1) is 15.0. The topological polar surface area (TPSA) is 32.8 Å². The lowest BCUT2D eigenvalue weighted by Crippen LogP contribution is -2.31. The molecule has 2 aromatic rings. The summed E-state index contributed by atoms with van der Waals surface area (Å²) in [6.45, 7) is 0.958.